The Bertz CT molecular complexity index is 1070. The third kappa shape index (κ3) is 3.59. The van der Waals surface area contributed by atoms with Gasteiger partial charge < -0.3 is 5.32 Å². The first-order valence-corrected chi connectivity index (χ1v) is 8.51. The molecule has 4 aromatic rings. The lowest BCUT2D eigenvalue weighted by molar-refractivity contribution is 0.102. The van der Waals surface area contributed by atoms with Gasteiger partial charge in [0.15, 0.2) is 11.6 Å². The summed E-state index contributed by atoms with van der Waals surface area (Å²) in [5.74, 6) is 1.17. The van der Waals surface area contributed by atoms with Crippen LogP contribution in [-0.2, 0) is 0 Å². The summed E-state index contributed by atoms with van der Waals surface area (Å²) in [5.41, 5.74) is 4.00. The van der Waals surface area contributed by atoms with Gasteiger partial charge in [0.2, 0.25) is 0 Å². The van der Waals surface area contributed by atoms with Gasteiger partial charge in [0.25, 0.3) is 5.91 Å². The van der Waals surface area contributed by atoms with E-state index < -0.39 is 0 Å². The van der Waals surface area contributed by atoms with Gasteiger partial charge in [-0.15, -0.1) is 0 Å². The summed E-state index contributed by atoms with van der Waals surface area (Å²) in [4.78, 5) is 20.9. The van der Waals surface area contributed by atoms with E-state index in [2.05, 4.69) is 25.5 Å². The minimum absolute atomic E-state index is 0.159. The molecule has 0 spiro atoms. The predicted octanol–water partition coefficient (Wildman–Crippen LogP) is 4.09. The van der Waals surface area contributed by atoms with Crippen LogP contribution in [0.25, 0.3) is 22.8 Å². The lowest BCUT2D eigenvalue weighted by atomic mass is 10.1. The molecule has 0 aliphatic heterocycles. The Morgan fingerprint density at radius 1 is 0.963 bits per heavy atom. The van der Waals surface area contributed by atoms with Gasteiger partial charge in [-0.3, -0.25) is 14.9 Å². The molecule has 2 aromatic carbocycles. The number of hydrogen-bond donors (Lipinski definition) is 2. The third-order valence-electron chi connectivity index (χ3n) is 4.20. The van der Waals surface area contributed by atoms with E-state index in [-0.39, 0.29) is 5.91 Å². The van der Waals surface area contributed by atoms with Crippen LogP contribution in [-0.4, -0.2) is 26.1 Å². The smallest absolute Gasteiger partial charge is 0.256 e. The number of nitrogens with zero attached hydrogens (tertiary/aromatic N) is 3. The molecule has 27 heavy (non-hydrogen) atoms. The maximum Gasteiger partial charge on any atom is 0.256 e. The first-order chi connectivity index (χ1) is 13.2. The fraction of sp³-hybridized carbons (Fsp3) is 0.0476. The molecule has 0 aliphatic carbocycles. The number of aromatic nitrogens is 4. The molecule has 2 heterocycles. The molecule has 0 radical (unpaired) electrons. The van der Waals surface area contributed by atoms with Crippen LogP contribution in [0.5, 0.6) is 0 Å². The van der Waals surface area contributed by atoms with E-state index in [9.17, 15) is 4.79 Å². The van der Waals surface area contributed by atoms with Gasteiger partial charge in [0.1, 0.15) is 0 Å². The predicted molar refractivity (Wildman–Crippen MR) is 104 cm³/mol. The number of hydrogen-bond acceptors (Lipinski definition) is 4. The van der Waals surface area contributed by atoms with Gasteiger partial charge in [-0.2, -0.15) is 5.10 Å². The van der Waals surface area contributed by atoms with Crippen molar-refractivity contribution in [1.29, 1.82) is 0 Å². The summed E-state index contributed by atoms with van der Waals surface area (Å²) in [6, 6.07) is 19.0. The van der Waals surface area contributed by atoms with Crippen LogP contribution in [0.2, 0.25) is 0 Å². The number of amides is 1. The SMILES string of the molecule is Cc1cnccc1C(=O)Nc1ccc(-c2nc(-c3ccccc3)n[nH]2)cc1. The molecule has 1 amide bonds. The highest BCUT2D eigenvalue weighted by atomic mass is 16.1. The third-order valence-corrected chi connectivity index (χ3v) is 4.20. The van der Waals surface area contributed by atoms with Crippen molar-refractivity contribution < 1.29 is 4.79 Å². The highest BCUT2D eigenvalue weighted by Gasteiger charge is 2.10. The number of nitrogens with one attached hydrogen (secondary N) is 2. The second-order valence-electron chi connectivity index (χ2n) is 6.10. The molecule has 132 valence electrons. The Balaban J connectivity index is 1.50. The molecule has 2 aromatic heterocycles. The average Bonchev–Trinajstić information content (AvgIpc) is 3.20. The van der Waals surface area contributed by atoms with Gasteiger partial charge in [0.05, 0.1) is 0 Å². The molecule has 0 bridgehead atoms. The second-order valence-corrected chi connectivity index (χ2v) is 6.10. The Hall–Kier alpha value is -3.80. The molecule has 0 fully saturated rings. The number of rotatable bonds is 4. The van der Waals surface area contributed by atoms with Gasteiger partial charge in [-0.05, 0) is 42.8 Å². The molecular formula is C21H17N5O. The van der Waals surface area contributed by atoms with E-state index in [0.29, 0.717) is 22.9 Å². The summed E-state index contributed by atoms with van der Waals surface area (Å²) in [6.07, 6.45) is 3.28. The quantitative estimate of drug-likeness (QED) is 0.577. The van der Waals surface area contributed by atoms with Crippen molar-refractivity contribution in [2.75, 3.05) is 5.32 Å². The zero-order valence-electron chi connectivity index (χ0n) is 14.7. The van der Waals surface area contributed by atoms with E-state index >= 15 is 0 Å². The number of pyridine rings is 1. The number of benzene rings is 2. The van der Waals surface area contributed by atoms with Crippen molar-refractivity contribution in [2.45, 2.75) is 6.92 Å². The standard InChI is InChI=1S/C21H17N5O/c1-14-13-22-12-11-18(14)21(27)23-17-9-7-16(8-10-17)20-24-19(25-26-20)15-5-3-2-4-6-15/h2-13H,1H3,(H,23,27)(H,24,25,26). The molecule has 0 saturated carbocycles. The lowest BCUT2D eigenvalue weighted by Crippen LogP contribution is -2.13. The van der Waals surface area contributed by atoms with E-state index in [1.165, 1.54) is 0 Å². The Kier molecular flexibility index (Phi) is 4.45. The lowest BCUT2D eigenvalue weighted by Gasteiger charge is -2.07. The minimum Gasteiger partial charge on any atom is -0.322 e. The van der Waals surface area contributed by atoms with Crippen LogP contribution in [0.1, 0.15) is 15.9 Å². The van der Waals surface area contributed by atoms with Gasteiger partial charge >= 0.3 is 0 Å². The summed E-state index contributed by atoms with van der Waals surface area (Å²) in [6.45, 7) is 1.86. The minimum atomic E-state index is -0.159. The summed E-state index contributed by atoms with van der Waals surface area (Å²) in [5, 5.41) is 10.1. The molecule has 2 N–H and O–H groups in total. The second kappa shape index (κ2) is 7.21. The normalized spacial score (nSPS) is 10.6. The first kappa shape index (κ1) is 16.7. The van der Waals surface area contributed by atoms with Crippen molar-refractivity contribution in [1.82, 2.24) is 20.2 Å². The van der Waals surface area contributed by atoms with E-state index in [4.69, 9.17) is 0 Å². The van der Waals surface area contributed by atoms with E-state index in [1.54, 1.807) is 18.5 Å². The first-order valence-electron chi connectivity index (χ1n) is 8.51. The maximum absolute atomic E-state index is 12.4. The largest absolute Gasteiger partial charge is 0.322 e. The summed E-state index contributed by atoms with van der Waals surface area (Å²) in [7, 11) is 0. The maximum atomic E-state index is 12.4. The fourth-order valence-electron chi connectivity index (χ4n) is 2.75. The van der Waals surface area contributed by atoms with E-state index in [1.807, 2.05) is 61.5 Å². The van der Waals surface area contributed by atoms with Crippen LogP contribution in [0, 0.1) is 6.92 Å². The van der Waals surface area contributed by atoms with Crippen LogP contribution in [0.15, 0.2) is 73.1 Å². The molecule has 0 unspecified atom stereocenters. The number of H-pyrrole nitrogens is 1. The molecule has 0 atom stereocenters. The Morgan fingerprint density at radius 3 is 2.48 bits per heavy atom. The Labute approximate surface area is 156 Å². The molecular weight excluding hydrogens is 338 g/mol. The zero-order valence-corrected chi connectivity index (χ0v) is 14.7. The molecule has 4 rings (SSSR count). The fourth-order valence-corrected chi connectivity index (χ4v) is 2.75. The number of anilines is 1. The number of aryl methyl sites for hydroxylation is 1. The zero-order chi connectivity index (χ0) is 18.6. The summed E-state index contributed by atoms with van der Waals surface area (Å²) < 4.78 is 0. The average molecular weight is 355 g/mol. The molecule has 6 heteroatoms. The highest BCUT2D eigenvalue weighted by molar-refractivity contribution is 6.05. The topological polar surface area (TPSA) is 83.6 Å². The van der Waals surface area contributed by atoms with E-state index in [0.717, 1.165) is 16.7 Å². The van der Waals surface area contributed by atoms with Crippen LogP contribution in [0.3, 0.4) is 0 Å². The molecule has 0 aliphatic rings. The van der Waals surface area contributed by atoms with Crippen molar-refractivity contribution in [3.05, 3.63) is 84.2 Å². The number of carbonyl (C=O) groups excluding carboxylic acids is 1. The van der Waals surface area contributed by atoms with Gasteiger partial charge in [-0.1, -0.05) is 30.3 Å². The van der Waals surface area contributed by atoms with Crippen molar-refractivity contribution in [3.63, 3.8) is 0 Å². The van der Waals surface area contributed by atoms with Crippen molar-refractivity contribution in [2.24, 2.45) is 0 Å². The molecule has 0 saturated heterocycles. The monoisotopic (exact) mass is 355 g/mol. The van der Waals surface area contributed by atoms with Gasteiger partial charge in [0, 0.05) is 34.8 Å². The van der Waals surface area contributed by atoms with Crippen molar-refractivity contribution >= 4 is 11.6 Å². The van der Waals surface area contributed by atoms with Crippen molar-refractivity contribution in [3.8, 4) is 22.8 Å². The van der Waals surface area contributed by atoms with Crippen LogP contribution >= 0.6 is 0 Å². The number of aromatic amines is 1. The summed E-state index contributed by atoms with van der Waals surface area (Å²) >= 11 is 0. The highest BCUT2D eigenvalue weighted by Crippen LogP contribution is 2.21. The number of carbonyl (C=O) groups is 1. The van der Waals surface area contributed by atoms with Crippen LogP contribution < -0.4 is 5.32 Å². The van der Waals surface area contributed by atoms with Gasteiger partial charge in [-0.25, -0.2) is 4.98 Å². The Morgan fingerprint density at radius 2 is 1.74 bits per heavy atom. The van der Waals surface area contributed by atoms with Crippen LogP contribution in [0.4, 0.5) is 5.69 Å². The molecule has 6 nitrogen and oxygen atoms in total.